The third-order valence-electron chi connectivity index (χ3n) is 7.15. The molecule has 11 heteroatoms. The Kier molecular flexibility index (Phi) is 7.02. The first kappa shape index (κ1) is 26.6. The Morgan fingerprint density at radius 2 is 1.59 bits per heavy atom. The van der Waals surface area contributed by atoms with E-state index in [4.69, 9.17) is 0 Å². The van der Waals surface area contributed by atoms with E-state index in [1.165, 1.54) is 0 Å². The molecule has 0 radical (unpaired) electrons. The summed E-state index contributed by atoms with van der Waals surface area (Å²) in [5.41, 5.74) is 3.71. The molecule has 2 heterocycles. The highest BCUT2D eigenvalue weighted by molar-refractivity contribution is 7.89. The number of para-hydroxylation sites is 1. The van der Waals surface area contributed by atoms with Crippen LogP contribution in [0.25, 0.3) is 0 Å². The minimum Gasteiger partial charge on any atom is -0.368 e. The Morgan fingerprint density at radius 3 is 2.26 bits per heavy atom. The van der Waals surface area contributed by atoms with Crippen molar-refractivity contribution in [2.75, 3.05) is 42.5 Å². The van der Waals surface area contributed by atoms with Crippen LogP contribution in [-0.2, 0) is 14.8 Å². The highest BCUT2D eigenvalue weighted by Crippen LogP contribution is 2.32. The van der Waals surface area contributed by atoms with E-state index in [2.05, 4.69) is 17.0 Å². The van der Waals surface area contributed by atoms with Crippen LogP contribution in [0.4, 0.5) is 25.0 Å². The van der Waals surface area contributed by atoms with Crippen molar-refractivity contribution in [1.29, 1.82) is 0 Å². The first-order valence-corrected chi connectivity index (χ1v) is 14.0. The second kappa shape index (κ2) is 10.3. The number of benzene rings is 3. The maximum Gasteiger partial charge on any atom is 0.339 e. The molecule has 0 saturated carbocycles. The van der Waals surface area contributed by atoms with Crippen LogP contribution in [0, 0.1) is 25.5 Å². The minimum absolute atomic E-state index is 0.340. The summed E-state index contributed by atoms with van der Waals surface area (Å²) in [6.45, 7) is 5.49. The third kappa shape index (κ3) is 4.94. The van der Waals surface area contributed by atoms with Crippen molar-refractivity contribution in [3.05, 3.63) is 89.5 Å². The molecule has 0 unspecified atom stereocenters. The van der Waals surface area contributed by atoms with Crippen LogP contribution in [0.1, 0.15) is 11.1 Å². The van der Waals surface area contributed by atoms with Crippen molar-refractivity contribution >= 4 is 33.3 Å². The van der Waals surface area contributed by atoms with Gasteiger partial charge < -0.3 is 9.80 Å². The van der Waals surface area contributed by atoms with E-state index in [0.29, 0.717) is 42.2 Å². The van der Waals surface area contributed by atoms with Gasteiger partial charge in [-0.15, -0.1) is 0 Å². The van der Waals surface area contributed by atoms with E-state index >= 15 is 0 Å². The Morgan fingerprint density at radius 1 is 0.897 bits per heavy atom. The van der Waals surface area contributed by atoms with Crippen LogP contribution in [-0.4, -0.2) is 68.3 Å². The number of carbonyl (C=O) groups is 2. The fourth-order valence-electron chi connectivity index (χ4n) is 5.08. The number of hydrogen-bond acceptors (Lipinski definition) is 5. The minimum atomic E-state index is -4.71. The van der Waals surface area contributed by atoms with Gasteiger partial charge in [0, 0.05) is 43.6 Å². The summed E-state index contributed by atoms with van der Waals surface area (Å²) >= 11 is 0. The zero-order chi connectivity index (χ0) is 27.9. The molecule has 8 nitrogen and oxygen atoms in total. The fourth-order valence-corrected chi connectivity index (χ4v) is 6.49. The van der Waals surface area contributed by atoms with E-state index in [1.807, 2.05) is 19.9 Å². The highest BCUT2D eigenvalue weighted by Gasteiger charge is 2.49. The van der Waals surface area contributed by atoms with Crippen LogP contribution in [0.2, 0.25) is 0 Å². The third-order valence-corrected chi connectivity index (χ3v) is 8.92. The standard InChI is InChI=1S/C28H28F2N4O4S/c1-19-8-9-20(2)24(16-19)31-12-14-32(15-13-31)27(35)25-18-33(28(36)34(25)22-6-4-3-5-7-22)39(37,38)26-11-10-21(29)17-23(26)30/h3-11,16-17,25H,12-15,18H2,1-2H3/t25-/m0/s1. The van der Waals surface area contributed by atoms with Gasteiger partial charge in [0.1, 0.15) is 22.6 Å². The van der Waals surface area contributed by atoms with Crippen LogP contribution in [0.15, 0.2) is 71.6 Å². The lowest BCUT2D eigenvalue weighted by molar-refractivity contribution is -0.132. The van der Waals surface area contributed by atoms with Gasteiger partial charge in [-0.1, -0.05) is 30.3 Å². The number of urea groups is 1. The van der Waals surface area contributed by atoms with E-state index in [1.54, 1.807) is 35.2 Å². The number of halogens is 2. The first-order valence-electron chi connectivity index (χ1n) is 12.5. The van der Waals surface area contributed by atoms with E-state index in [9.17, 15) is 26.8 Å². The molecule has 39 heavy (non-hydrogen) atoms. The van der Waals surface area contributed by atoms with Gasteiger partial charge in [0.15, 0.2) is 0 Å². The molecule has 1 atom stereocenters. The number of carbonyl (C=O) groups excluding carboxylic acids is 2. The molecule has 3 aromatic rings. The van der Waals surface area contributed by atoms with Gasteiger partial charge in [0.25, 0.3) is 10.0 Å². The largest absolute Gasteiger partial charge is 0.368 e. The van der Waals surface area contributed by atoms with E-state index in [-0.39, 0.29) is 0 Å². The summed E-state index contributed by atoms with van der Waals surface area (Å²) in [4.78, 5) is 31.4. The zero-order valence-corrected chi connectivity index (χ0v) is 22.4. The normalized spacial score (nSPS) is 18.2. The van der Waals surface area contributed by atoms with E-state index < -0.39 is 51.1 Å². The van der Waals surface area contributed by atoms with Gasteiger partial charge in [0.05, 0.1) is 6.54 Å². The van der Waals surface area contributed by atoms with Gasteiger partial charge in [-0.05, 0) is 55.3 Å². The number of nitrogens with zero attached hydrogens (tertiary/aromatic N) is 4. The maximum absolute atomic E-state index is 14.5. The number of anilines is 2. The number of rotatable bonds is 5. The number of aryl methyl sites for hydroxylation is 2. The summed E-state index contributed by atoms with van der Waals surface area (Å²) in [6.07, 6.45) is 0. The molecule has 2 saturated heterocycles. The SMILES string of the molecule is Cc1ccc(C)c(N2CCN(C(=O)[C@@H]3CN(S(=O)(=O)c4ccc(F)cc4F)C(=O)N3c3ccccc3)CC2)c1. The number of amides is 3. The molecule has 3 aromatic carbocycles. The summed E-state index contributed by atoms with van der Waals surface area (Å²) < 4.78 is 55.1. The second-order valence-corrected chi connectivity index (χ2v) is 11.5. The molecule has 0 aliphatic carbocycles. The van der Waals surface area contributed by atoms with Crippen LogP contribution in [0.3, 0.4) is 0 Å². The van der Waals surface area contributed by atoms with Crippen molar-refractivity contribution in [2.24, 2.45) is 0 Å². The first-order chi connectivity index (χ1) is 18.6. The Bertz CT molecular complexity index is 1530. The van der Waals surface area contributed by atoms with Crippen molar-refractivity contribution < 1.29 is 26.8 Å². The summed E-state index contributed by atoms with van der Waals surface area (Å²) in [7, 11) is -4.71. The lowest BCUT2D eigenvalue weighted by Gasteiger charge is -2.38. The van der Waals surface area contributed by atoms with Gasteiger partial charge in [0.2, 0.25) is 5.91 Å². The van der Waals surface area contributed by atoms with Crippen molar-refractivity contribution in [3.8, 4) is 0 Å². The van der Waals surface area contributed by atoms with Gasteiger partial charge in [-0.3, -0.25) is 9.69 Å². The highest BCUT2D eigenvalue weighted by atomic mass is 32.2. The van der Waals surface area contributed by atoms with Crippen molar-refractivity contribution in [1.82, 2.24) is 9.21 Å². The Balaban J connectivity index is 1.42. The fraction of sp³-hybridized carbons (Fsp3) is 0.286. The quantitative estimate of drug-likeness (QED) is 0.478. The molecule has 2 aliphatic rings. The van der Waals surface area contributed by atoms with Crippen LogP contribution in [0.5, 0.6) is 0 Å². The predicted octanol–water partition coefficient (Wildman–Crippen LogP) is 3.93. The summed E-state index contributed by atoms with van der Waals surface area (Å²) in [6, 6.07) is 14.4. The molecule has 0 bridgehead atoms. The maximum atomic E-state index is 14.5. The molecular formula is C28H28F2N4O4S. The molecule has 3 amide bonds. The smallest absolute Gasteiger partial charge is 0.339 e. The molecule has 2 aliphatic heterocycles. The molecule has 0 aromatic heterocycles. The van der Waals surface area contributed by atoms with Crippen LogP contribution >= 0.6 is 0 Å². The zero-order valence-electron chi connectivity index (χ0n) is 21.5. The average Bonchev–Trinajstić information content (AvgIpc) is 3.27. The van der Waals surface area contributed by atoms with Crippen LogP contribution < -0.4 is 9.80 Å². The lowest BCUT2D eigenvalue weighted by atomic mass is 10.1. The van der Waals surface area contributed by atoms with Crippen molar-refractivity contribution in [2.45, 2.75) is 24.8 Å². The number of piperazine rings is 1. The summed E-state index contributed by atoms with van der Waals surface area (Å²) in [5.74, 6) is -2.66. The lowest BCUT2D eigenvalue weighted by Crippen LogP contribution is -2.55. The Labute approximate surface area is 226 Å². The molecule has 5 rings (SSSR count). The van der Waals surface area contributed by atoms with Crippen molar-refractivity contribution in [3.63, 3.8) is 0 Å². The number of hydrogen-bond donors (Lipinski definition) is 0. The molecule has 204 valence electrons. The molecule has 0 N–H and O–H groups in total. The van der Waals surface area contributed by atoms with Gasteiger partial charge >= 0.3 is 6.03 Å². The second-order valence-electron chi connectivity index (χ2n) is 9.72. The summed E-state index contributed by atoms with van der Waals surface area (Å²) in [5, 5.41) is 0. The molecular weight excluding hydrogens is 526 g/mol. The van der Waals surface area contributed by atoms with Gasteiger partial charge in [-0.2, -0.15) is 0 Å². The van der Waals surface area contributed by atoms with E-state index in [0.717, 1.165) is 33.8 Å². The average molecular weight is 555 g/mol. The van der Waals surface area contributed by atoms with Gasteiger partial charge in [-0.25, -0.2) is 26.3 Å². The predicted molar refractivity (Wildman–Crippen MR) is 143 cm³/mol. The number of sulfonamides is 1. The topological polar surface area (TPSA) is 81.2 Å². The monoisotopic (exact) mass is 554 g/mol. The molecule has 2 fully saturated rings. The Hall–Kier alpha value is -3.99. The molecule has 0 spiro atoms.